The second-order valence-corrected chi connectivity index (χ2v) is 8.29. The number of fused-ring (bicyclic) bond motifs is 1. The third-order valence-corrected chi connectivity index (χ3v) is 6.27. The molecule has 1 amide bonds. The number of carbonyl (C=O) groups is 1. The molecule has 0 atom stereocenters. The van der Waals surface area contributed by atoms with Gasteiger partial charge >= 0.3 is 6.09 Å². The van der Waals surface area contributed by atoms with Crippen molar-refractivity contribution in [1.29, 1.82) is 0 Å². The zero-order valence-electron chi connectivity index (χ0n) is 18.0. The first-order valence-electron chi connectivity index (χ1n) is 10.8. The molecule has 1 aliphatic carbocycles. The maximum absolute atomic E-state index is 11.4. The molecule has 1 saturated carbocycles. The minimum Gasteiger partial charge on any atom is -0.497 e. The normalized spacial score (nSPS) is 16.2. The Labute approximate surface area is 186 Å². The van der Waals surface area contributed by atoms with Crippen LogP contribution in [-0.2, 0) is 6.54 Å². The summed E-state index contributed by atoms with van der Waals surface area (Å²) in [4.78, 5) is 19.9. The SMILES string of the molecule is C#Cc1nn(Cc2ccc(OC)cc2)c2ncc(C3CC3)c(N3CCN(C(=O)O)CC3)c12. The smallest absolute Gasteiger partial charge is 0.407 e. The number of pyridine rings is 1. The fourth-order valence-corrected chi connectivity index (χ4v) is 4.41. The first-order valence-corrected chi connectivity index (χ1v) is 10.8. The van der Waals surface area contributed by atoms with E-state index in [-0.39, 0.29) is 0 Å². The lowest BCUT2D eigenvalue weighted by atomic mass is 10.0. The molecule has 0 radical (unpaired) electrons. The van der Waals surface area contributed by atoms with Crippen LogP contribution in [0, 0.1) is 12.3 Å². The van der Waals surface area contributed by atoms with Gasteiger partial charge in [-0.2, -0.15) is 5.10 Å². The average molecular weight is 431 g/mol. The zero-order valence-corrected chi connectivity index (χ0v) is 18.0. The van der Waals surface area contributed by atoms with Gasteiger partial charge in [-0.05, 0) is 47.9 Å². The average Bonchev–Trinajstić information content (AvgIpc) is 3.61. The number of aromatic nitrogens is 3. The Morgan fingerprint density at radius 3 is 2.53 bits per heavy atom. The zero-order chi connectivity index (χ0) is 22.2. The molecule has 8 heteroatoms. The number of amides is 1. The maximum Gasteiger partial charge on any atom is 0.407 e. The minimum absolute atomic E-state index is 0.467. The minimum atomic E-state index is -0.872. The van der Waals surface area contributed by atoms with E-state index in [0.717, 1.165) is 40.9 Å². The molecule has 0 bridgehead atoms. The largest absolute Gasteiger partial charge is 0.497 e. The Morgan fingerprint density at radius 2 is 1.94 bits per heavy atom. The standard InChI is InChI=1S/C24H25N5O3/c1-3-20-21-22(27-10-12-28(13-11-27)24(30)31)19(17-6-7-17)14-25-23(21)29(26-20)15-16-4-8-18(32-2)9-5-16/h1,4-5,8-9,14,17H,6-7,10-13,15H2,2H3,(H,30,31). The lowest BCUT2D eigenvalue weighted by molar-refractivity contribution is 0.142. The summed E-state index contributed by atoms with van der Waals surface area (Å²) >= 11 is 0. The number of benzene rings is 1. The first kappa shape index (κ1) is 20.2. The van der Waals surface area contributed by atoms with Gasteiger partial charge in [0.15, 0.2) is 5.65 Å². The molecule has 5 rings (SSSR count). The number of ether oxygens (including phenoxy) is 1. The highest BCUT2D eigenvalue weighted by atomic mass is 16.5. The van der Waals surface area contributed by atoms with E-state index in [4.69, 9.17) is 21.2 Å². The summed E-state index contributed by atoms with van der Waals surface area (Å²) in [5, 5.41) is 14.9. The van der Waals surface area contributed by atoms with E-state index in [9.17, 15) is 9.90 Å². The van der Waals surface area contributed by atoms with Gasteiger partial charge in [0.2, 0.25) is 0 Å². The molecule has 1 saturated heterocycles. The molecule has 1 aliphatic heterocycles. The predicted molar refractivity (Wildman–Crippen MR) is 121 cm³/mol. The van der Waals surface area contributed by atoms with Crippen LogP contribution in [0.2, 0.25) is 0 Å². The molecule has 3 aromatic rings. The third-order valence-electron chi connectivity index (χ3n) is 6.27. The predicted octanol–water partition coefficient (Wildman–Crippen LogP) is 3.15. The molecule has 164 valence electrons. The Balaban J connectivity index is 1.56. The third kappa shape index (κ3) is 3.60. The summed E-state index contributed by atoms with van der Waals surface area (Å²) in [7, 11) is 1.65. The van der Waals surface area contributed by atoms with Crippen molar-refractivity contribution in [2.24, 2.45) is 0 Å². The van der Waals surface area contributed by atoms with E-state index in [1.807, 2.05) is 35.1 Å². The van der Waals surface area contributed by atoms with Gasteiger partial charge in [-0.15, -0.1) is 6.42 Å². The van der Waals surface area contributed by atoms with E-state index >= 15 is 0 Å². The number of carboxylic acid groups (broad SMARTS) is 1. The molecule has 1 N–H and O–H groups in total. The number of piperazine rings is 1. The van der Waals surface area contributed by atoms with E-state index in [1.54, 1.807) is 7.11 Å². The molecule has 32 heavy (non-hydrogen) atoms. The van der Waals surface area contributed by atoms with Crippen LogP contribution in [-0.4, -0.2) is 64.2 Å². The van der Waals surface area contributed by atoms with Gasteiger partial charge in [0.05, 0.1) is 24.7 Å². The number of methoxy groups -OCH3 is 1. The molecular formula is C24H25N5O3. The fourth-order valence-electron chi connectivity index (χ4n) is 4.41. The lowest BCUT2D eigenvalue weighted by Gasteiger charge is -2.36. The van der Waals surface area contributed by atoms with Gasteiger partial charge in [-0.1, -0.05) is 12.1 Å². The summed E-state index contributed by atoms with van der Waals surface area (Å²) in [6.07, 6.45) is 9.26. The van der Waals surface area contributed by atoms with Crippen LogP contribution in [0.4, 0.5) is 10.5 Å². The number of anilines is 1. The molecule has 2 aliphatic rings. The molecule has 2 fully saturated rings. The summed E-state index contributed by atoms with van der Waals surface area (Å²) in [6.45, 7) is 2.73. The summed E-state index contributed by atoms with van der Waals surface area (Å²) in [6, 6.07) is 7.86. The highest BCUT2D eigenvalue weighted by Gasteiger charge is 2.33. The van der Waals surface area contributed by atoms with Crippen LogP contribution in [0.3, 0.4) is 0 Å². The summed E-state index contributed by atoms with van der Waals surface area (Å²) in [5.41, 5.74) is 4.69. The Morgan fingerprint density at radius 1 is 1.22 bits per heavy atom. The highest BCUT2D eigenvalue weighted by Crippen LogP contribution is 2.47. The van der Waals surface area contributed by atoms with Crippen LogP contribution >= 0.6 is 0 Å². The van der Waals surface area contributed by atoms with Crippen molar-refractivity contribution in [3.05, 3.63) is 47.3 Å². The van der Waals surface area contributed by atoms with Gasteiger partial charge in [0.25, 0.3) is 0 Å². The number of hydrogen-bond acceptors (Lipinski definition) is 5. The Hall–Kier alpha value is -3.73. The van der Waals surface area contributed by atoms with Crippen LogP contribution in [0.1, 0.15) is 35.6 Å². The van der Waals surface area contributed by atoms with E-state index in [2.05, 4.69) is 10.8 Å². The van der Waals surface area contributed by atoms with Gasteiger partial charge in [0, 0.05) is 32.4 Å². The first-order chi connectivity index (χ1) is 15.6. The van der Waals surface area contributed by atoms with Gasteiger partial charge in [-0.3, -0.25) is 0 Å². The van der Waals surface area contributed by atoms with Crippen molar-refractivity contribution in [1.82, 2.24) is 19.7 Å². The Bertz CT molecular complexity index is 1200. The second-order valence-electron chi connectivity index (χ2n) is 8.29. The van der Waals surface area contributed by atoms with Crippen LogP contribution < -0.4 is 9.64 Å². The molecule has 0 spiro atoms. The van der Waals surface area contributed by atoms with E-state index in [0.29, 0.717) is 44.3 Å². The number of nitrogens with zero attached hydrogens (tertiary/aromatic N) is 5. The topological polar surface area (TPSA) is 83.7 Å². The molecule has 3 heterocycles. The highest BCUT2D eigenvalue weighted by molar-refractivity contribution is 5.96. The van der Waals surface area contributed by atoms with Crippen LogP contribution in [0.25, 0.3) is 11.0 Å². The number of terminal acetylenes is 1. The van der Waals surface area contributed by atoms with E-state index < -0.39 is 6.09 Å². The summed E-state index contributed by atoms with van der Waals surface area (Å²) in [5.74, 6) is 4.05. The van der Waals surface area contributed by atoms with Crippen molar-refractivity contribution >= 4 is 22.8 Å². The van der Waals surface area contributed by atoms with Crippen molar-refractivity contribution in [3.8, 4) is 18.1 Å². The van der Waals surface area contributed by atoms with Crippen LogP contribution in [0.15, 0.2) is 30.5 Å². The number of hydrogen-bond donors (Lipinski definition) is 1. The summed E-state index contributed by atoms with van der Waals surface area (Å²) < 4.78 is 7.11. The van der Waals surface area contributed by atoms with Gasteiger partial charge in [-0.25, -0.2) is 14.5 Å². The monoisotopic (exact) mass is 431 g/mol. The van der Waals surface area contributed by atoms with Crippen molar-refractivity contribution in [2.45, 2.75) is 25.3 Å². The molecule has 1 aromatic carbocycles. The van der Waals surface area contributed by atoms with Gasteiger partial charge < -0.3 is 19.6 Å². The maximum atomic E-state index is 11.4. The van der Waals surface area contributed by atoms with Crippen LogP contribution in [0.5, 0.6) is 5.75 Å². The van der Waals surface area contributed by atoms with E-state index in [1.165, 1.54) is 10.5 Å². The Kier molecular flexibility index (Phi) is 5.10. The number of rotatable bonds is 5. The van der Waals surface area contributed by atoms with Crippen molar-refractivity contribution < 1.29 is 14.6 Å². The van der Waals surface area contributed by atoms with Crippen molar-refractivity contribution in [2.75, 3.05) is 38.2 Å². The molecular weight excluding hydrogens is 406 g/mol. The molecule has 0 unspecified atom stereocenters. The quantitative estimate of drug-likeness (QED) is 0.625. The van der Waals surface area contributed by atoms with Crippen molar-refractivity contribution in [3.63, 3.8) is 0 Å². The van der Waals surface area contributed by atoms with Gasteiger partial charge in [0.1, 0.15) is 11.4 Å². The fraction of sp³-hybridized carbons (Fsp3) is 0.375. The lowest BCUT2D eigenvalue weighted by Crippen LogP contribution is -2.48. The molecule has 2 aromatic heterocycles. The molecule has 8 nitrogen and oxygen atoms in total. The second kappa shape index (κ2) is 8.08.